The van der Waals surface area contributed by atoms with Crippen LogP contribution in [0.3, 0.4) is 0 Å². The average Bonchev–Trinajstić information content (AvgIpc) is 2.65. The monoisotopic (exact) mass is 365 g/mol. The second kappa shape index (κ2) is 5.30. The Morgan fingerprint density at radius 2 is 2.15 bits per heavy atom. The van der Waals surface area contributed by atoms with E-state index in [2.05, 4.69) is 20.7 Å². The van der Waals surface area contributed by atoms with E-state index in [1.165, 1.54) is 4.90 Å². The van der Waals surface area contributed by atoms with Crippen LogP contribution >= 0.6 is 15.9 Å². The van der Waals surface area contributed by atoms with Gasteiger partial charge in [0.25, 0.3) is 0 Å². The lowest BCUT2D eigenvalue weighted by molar-refractivity contribution is -0.127. The number of likely N-dealkylation sites (tertiary alicyclic amines) is 1. The molecular formula is C11H13BrFN3O3S. The number of nitrogens with zero attached hydrogens (tertiary/aromatic N) is 1. The van der Waals surface area contributed by atoms with E-state index >= 15 is 0 Å². The second-order valence-electron chi connectivity index (χ2n) is 4.53. The molecule has 1 unspecified atom stereocenters. The van der Waals surface area contributed by atoms with Gasteiger partial charge in [0.2, 0.25) is 15.9 Å². The molecule has 3 N–H and O–H groups in total. The molecule has 1 amide bonds. The number of hydrogen-bond acceptors (Lipinski definition) is 4. The third-order valence-corrected chi connectivity index (χ3v) is 5.50. The predicted molar refractivity (Wildman–Crippen MR) is 74.9 cm³/mol. The number of nitrogens with one attached hydrogen (secondary N) is 1. The summed E-state index contributed by atoms with van der Waals surface area (Å²) in [6, 6.07) is 1.19. The Morgan fingerprint density at radius 1 is 1.50 bits per heavy atom. The van der Waals surface area contributed by atoms with Crippen molar-refractivity contribution in [2.75, 3.05) is 19.3 Å². The minimum Gasteiger partial charge on any atom is -0.396 e. The van der Waals surface area contributed by atoms with Crippen molar-refractivity contribution in [3.63, 3.8) is 0 Å². The molecule has 0 bridgehead atoms. The molecule has 1 aliphatic rings. The Bertz CT molecular complexity index is 665. The number of nitrogen functional groups attached to an aromatic ring is 1. The molecule has 110 valence electrons. The van der Waals surface area contributed by atoms with Gasteiger partial charge in [-0.15, -0.1) is 0 Å². The van der Waals surface area contributed by atoms with Crippen LogP contribution in [0.15, 0.2) is 21.5 Å². The van der Waals surface area contributed by atoms with Gasteiger partial charge >= 0.3 is 0 Å². The molecule has 1 heterocycles. The van der Waals surface area contributed by atoms with Crippen molar-refractivity contribution in [3.05, 3.63) is 22.4 Å². The normalized spacial score (nSPS) is 19.6. The Morgan fingerprint density at radius 3 is 2.70 bits per heavy atom. The molecule has 1 aliphatic heterocycles. The zero-order valence-electron chi connectivity index (χ0n) is 10.6. The van der Waals surface area contributed by atoms with Crippen LogP contribution in [0.1, 0.15) is 6.42 Å². The maximum absolute atomic E-state index is 13.2. The summed E-state index contributed by atoms with van der Waals surface area (Å²) in [6.07, 6.45) is 0.392. The van der Waals surface area contributed by atoms with Gasteiger partial charge in [0.1, 0.15) is 11.9 Å². The van der Waals surface area contributed by atoms with Crippen LogP contribution < -0.4 is 10.5 Å². The van der Waals surface area contributed by atoms with Gasteiger partial charge in [0.05, 0.1) is 10.6 Å². The van der Waals surface area contributed by atoms with Crippen molar-refractivity contribution in [1.82, 2.24) is 9.62 Å². The second-order valence-corrected chi connectivity index (χ2v) is 7.06. The number of benzene rings is 1. The molecule has 0 spiro atoms. The molecule has 0 radical (unpaired) electrons. The molecule has 1 atom stereocenters. The first kappa shape index (κ1) is 15.2. The summed E-state index contributed by atoms with van der Waals surface area (Å²) in [5, 5.41) is 0. The van der Waals surface area contributed by atoms with Gasteiger partial charge in [0, 0.05) is 18.1 Å². The maximum atomic E-state index is 13.2. The van der Waals surface area contributed by atoms with Gasteiger partial charge < -0.3 is 10.6 Å². The number of likely N-dealkylation sites (N-methyl/N-ethyl adjacent to an activating group) is 1. The fourth-order valence-corrected chi connectivity index (χ4v) is 4.21. The predicted octanol–water partition coefficient (Wildman–Crippen LogP) is 0.679. The quantitative estimate of drug-likeness (QED) is 0.770. The number of carbonyl (C=O) groups excluding carboxylic acids is 1. The standard InChI is InChI=1S/C11H13BrFN3O3S/c1-16-3-2-9(11(16)17)15-20(18,19)10-5-8(14)7(13)4-6(10)12/h4-5,9,15H,2-3,14H2,1H3. The molecule has 1 aromatic rings. The lowest BCUT2D eigenvalue weighted by Crippen LogP contribution is -2.40. The number of nitrogens with two attached hydrogens (primary N) is 1. The van der Waals surface area contributed by atoms with E-state index in [1.807, 2.05) is 0 Å². The molecule has 6 nitrogen and oxygen atoms in total. The van der Waals surface area contributed by atoms with Gasteiger partial charge in [-0.05, 0) is 34.5 Å². The van der Waals surface area contributed by atoms with Gasteiger partial charge in [-0.3, -0.25) is 4.79 Å². The van der Waals surface area contributed by atoms with Crippen LogP contribution in [-0.2, 0) is 14.8 Å². The topological polar surface area (TPSA) is 92.5 Å². The maximum Gasteiger partial charge on any atom is 0.242 e. The molecule has 1 saturated heterocycles. The van der Waals surface area contributed by atoms with Crippen molar-refractivity contribution in [3.8, 4) is 0 Å². The minimum atomic E-state index is -3.96. The van der Waals surface area contributed by atoms with Crippen molar-refractivity contribution in [2.45, 2.75) is 17.4 Å². The highest BCUT2D eigenvalue weighted by molar-refractivity contribution is 9.10. The summed E-state index contributed by atoms with van der Waals surface area (Å²) in [5.74, 6) is -1.01. The zero-order valence-corrected chi connectivity index (χ0v) is 13.0. The summed E-state index contributed by atoms with van der Waals surface area (Å²) in [6.45, 7) is 0.485. The first-order valence-corrected chi connectivity index (χ1v) is 8.02. The summed E-state index contributed by atoms with van der Waals surface area (Å²) < 4.78 is 40.1. The SMILES string of the molecule is CN1CCC(NS(=O)(=O)c2cc(N)c(F)cc2Br)C1=O. The number of halogens is 2. The van der Waals surface area contributed by atoms with E-state index in [0.717, 1.165) is 12.1 Å². The highest BCUT2D eigenvalue weighted by Gasteiger charge is 2.33. The molecule has 9 heteroatoms. The molecule has 0 aromatic heterocycles. The van der Waals surface area contributed by atoms with Crippen molar-refractivity contribution < 1.29 is 17.6 Å². The number of hydrogen-bond donors (Lipinski definition) is 2. The highest BCUT2D eigenvalue weighted by Crippen LogP contribution is 2.27. The third-order valence-electron chi connectivity index (χ3n) is 3.07. The fraction of sp³-hybridized carbons (Fsp3) is 0.364. The van der Waals surface area contributed by atoms with E-state index in [-0.39, 0.29) is 21.0 Å². The molecule has 2 rings (SSSR count). The van der Waals surface area contributed by atoms with Crippen molar-refractivity contribution in [2.24, 2.45) is 0 Å². The van der Waals surface area contributed by atoms with Crippen LogP contribution in [0.4, 0.5) is 10.1 Å². The fourth-order valence-electron chi connectivity index (χ4n) is 1.93. The Hall–Kier alpha value is -1.19. The summed E-state index contributed by atoms with van der Waals surface area (Å²) >= 11 is 2.98. The number of anilines is 1. The molecule has 1 aromatic carbocycles. The van der Waals surface area contributed by atoms with Crippen LogP contribution in [0, 0.1) is 5.82 Å². The third kappa shape index (κ3) is 2.79. The van der Waals surface area contributed by atoms with E-state index in [9.17, 15) is 17.6 Å². The van der Waals surface area contributed by atoms with Crippen LogP contribution in [0.25, 0.3) is 0 Å². The number of rotatable bonds is 3. The van der Waals surface area contributed by atoms with Crippen molar-refractivity contribution in [1.29, 1.82) is 0 Å². The number of sulfonamides is 1. The highest BCUT2D eigenvalue weighted by atomic mass is 79.9. The largest absolute Gasteiger partial charge is 0.396 e. The van der Waals surface area contributed by atoms with E-state index in [4.69, 9.17) is 5.73 Å². The molecule has 1 fully saturated rings. The van der Waals surface area contributed by atoms with Gasteiger partial charge in [0.15, 0.2) is 0 Å². The van der Waals surface area contributed by atoms with E-state index in [0.29, 0.717) is 13.0 Å². The smallest absolute Gasteiger partial charge is 0.242 e. The lowest BCUT2D eigenvalue weighted by Gasteiger charge is -2.14. The van der Waals surface area contributed by atoms with Crippen LogP contribution in [-0.4, -0.2) is 38.9 Å². The van der Waals surface area contributed by atoms with E-state index < -0.39 is 21.9 Å². The Balaban J connectivity index is 2.32. The molecule has 0 aliphatic carbocycles. The van der Waals surface area contributed by atoms with E-state index in [1.54, 1.807) is 7.05 Å². The lowest BCUT2D eigenvalue weighted by atomic mass is 10.3. The number of amides is 1. The Kier molecular flexibility index (Phi) is 4.03. The number of carbonyl (C=O) groups is 1. The van der Waals surface area contributed by atoms with Gasteiger partial charge in [-0.25, -0.2) is 12.8 Å². The van der Waals surface area contributed by atoms with Gasteiger partial charge in [-0.1, -0.05) is 0 Å². The minimum absolute atomic E-state index is 0.0514. The molecule has 0 saturated carbocycles. The summed E-state index contributed by atoms with van der Waals surface area (Å²) in [7, 11) is -2.36. The van der Waals surface area contributed by atoms with Crippen LogP contribution in [0.2, 0.25) is 0 Å². The van der Waals surface area contributed by atoms with Crippen LogP contribution in [0.5, 0.6) is 0 Å². The molecular weight excluding hydrogens is 353 g/mol. The van der Waals surface area contributed by atoms with Gasteiger partial charge in [-0.2, -0.15) is 4.72 Å². The Labute approximate surface area is 124 Å². The average molecular weight is 366 g/mol. The summed E-state index contributed by atoms with van der Waals surface area (Å²) in [4.78, 5) is 13.0. The zero-order chi connectivity index (χ0) is 15.1. The first-order valence-electron chi connectivity index (χ1n) is 5.74. The first-order chi connectivity index (χ1) is 9.22. The molecule has 20 heavy (non-hydrogen) atoms. The van der Waals surface area contributed by atoms with Crippen molar-refractivity contribution >= 4 is 37.5 Å². The summed E-state index contributed by atoms with van der Waals surface area (Å²) in [5.41, 5.74) is 5.11.